The Bertz CT molecular complexity index is 889. The first kappa shape index (κ1) is 15.4. The lowest BCUT2D eigenvalue weighted by Crippen LogP contribution is -2.18. The predicted molar refractivity (Wildman–Crippen MR) is 103 cm³/mol. The molecule has 120 valence electrons. The molecule has 6 heteroatoms. The van der Waals surface area contributed by atoms with E-state index in [2.05, 4.69) is 84.9 Å². The molecular formula is C18H15BrN4S. The van der Waals surface area contributed by atoms with Crippen LogP contribution in [0.4, 0.5) is 5.69 Å². The second-order valence-electron chi connectivity index (χ2n) is 5.26. The summed E-state index contributed by atoms with van der Waals surface area (Å²) in [6, 6.07) is 21.0. The van der Waals surface area contributed by atoms with Crippen molar-refractivity contribution >= 4 is 36.1 Å². The molecule has 0 fully saturated rings. The quantitative estimate of drug-likeness (QED) is 0.480. The summed E-state index contributed by atoms with van der Waals surface area (Å²) >= 11 is 3.79. The van der Waals surface area contributed by atoms with Crippen molar-refractivity contribution in [2.75, 3.05) is 4.31 Å². The smallest absolute Gasteiger partial charge is 0.137 e. The van der Waals surface area contributed by atoms with E-state index in [0.717, 1.165) is 0 Å². The number of para-hydroxylation sites is 1. The minimum absolute atomic E-state index is 0.203. The zero-order valence-corrected chi connectivity index (χ0v) is 15.2. The molecule has 4 rings (SSSR count). The molecular weight excluding hydrogens is 384 g/mol. The number of rotatable bonds is 4. The second kappa shape index (κ2) is 6.75. The minimum atomic E-state index is -0.203. The average Bonchev–Trinajstić information content (AvgIpc) is 3.24. The van der Waals surface area contributed by atoms with Crippen molar-refractivity contribution in [3.63, 3.8) is 0 Å². The van der Waals surface area contributed by atoms with Crippen molar-refractivity contribution in [3.8, 4) is 0 Å². The summed E-state index contributed by atoms with van der Waals surface area (Å²) in [5.41, 5.74) is 2.36. The molecule has 0 N–H and O–H groups in total. The maximum Gasteiger partial charge on any atom is 0.137 e. The maximum absolute atomic E-state index is 4.25. The average molecular weight is 399 g/mol. The van der Waals surface area contributed by atoms with Crippen LogP contribution in [0.15, 0.2) is 90.0 Å². The topological polar surface area (TPSA) is 34.0 Å². The summed E-state index contributed by atoms with van der Waals surface area (Å²) < 4.78 is 5.40. The van der Waals surface area contributed by atoms with E-state index in [4.69, 9.17) is 0 Å². The summed E-state index contributed by atoms with van der Waals surface area (Å²) in [5.74, 6) is 0. The van der Waals surface area contributed by atoms with Crippen LogP contribution in [0.1, 0.15) is 0 Å². The molecule has 2 aromatic carbocycles. The first-order chi connectivity index (χ1) is 11.8. The molecule has 1 unspecified atom stereocenters. The van der Waals surface area contributed by atoms with Gasteiger partial charge in [0.2, 0.25) is 0 Å². The van der Waals surface area contributed by atoms with Gasteiger partial charge in [0.1, 0.15) is 12.7 Å². The van der Waals surface area contributed by atoms with Gasteiger partial charge in [-0.3, -0.25) is 4.31 Å². The number of halogens is 1. The highest BCUT2D eigenvalue weighted by atomic mass is 79.9. The Morgan fingerprint density at radius 2 is 1.67 bits per heavy atom. The van der Waals surface area contributed by atoms with Crippen LogP contribution in [0.5, 0.6) is 0 Å². The minimum Gasteiger partial charge on any atom is -0.288 e. The van der Waals surface area contributed by atoms with Crippen LogP contribution in [0.2, 0.25) is 0 Å². The van der Waals surface area contributed by atoms with E-state index in [1.54, 1.807) is 12.7 Å². The summed E-state index contributed by atoms with van der Waals surface area (Å²) in [6.07, 6.45) is 5.51. The monoisotopic (exact) mass is 398 g/mol. The lowest BCUT2D eigenvalue weighted by molar-refractivity contribution is 0.672. The summed E-state index contributed by atoms with van der Waals surface area (Å²) in [4.78, 5) is 5.32. The first-order valence-electron chi connectivity index (χ1n) is 7.53. The third kappa shape index (κ3) is 2.95. The molecule has 0 amide bonds. The molecule has 4 nitrogen and oxygen atoms in total. The number of nitrogens with zero attached hydrogens (tertiary/aromatic N) is 4. The van der Waals surface area contributed by atoms with Gasteiger partial charge in [-0.2, -0.15) is 5.10 Å². The molecule has 0 bridgehead atoms. The highest BCUT2D eigenvalue weighted by Crippen LogP contribution is 2.45. The molecule has 0 saturated carbocycles. The second-order valence-corrected chi connectivity index (χ2v) is 8.49. The Morgan fingerprint density at radius 1 is 0.958 bits per heavy atom. The highest BCUT2D eigenvalue weighted by Gasteiger charge is 2.25. The van der Waals surface area contributed by atoms with Crippen LogP contribution in [0.3, 0.4) is 0 Å². The van der Waals surface area contributed by atoms with Gasteiger partial charge in [-0.15, -0.1) is 0 Å². The Hall–Kier alpha value is -2.18. The Kier molecular flexibility index (Phi) is 4.32. The number of aromatic nitrogens is 3. The third-order valence-corrected chi connectivity index (χ3v) is 6.82. The van der Waals surface area contributed by atoms with Gasteiger partial charge in [0.15, 0.2) is 0 Å². The molecule has 0 radical (unpaired) electrons. The molecule has 1 atom stereocenters. The van der Waals surface area contributed by atoms with Crippen LogP contribution in [0.25, 0.3) is 0 Å². The van der Waals surface area contributed by atoms with Crippen LogP contribution in [-0.2, 0) is 6.54 Å². The standard InChI is InChI=1S/C18H15BrN4S/c19-18-11-16(12-22-14-20-13-21-22)23(15-7-3-1-4-8-15)24(18)17-9-5-2-6-10-17/h1-11,13-14H,12H2. The summed E-state index contributed by atoms with van der Waals surface area (Å²) in [6.45, 7) is 0.681. The Balaban J connectivity index is 1.78. The lowest BCUT2D eigenvalue weighted by Gasteiger charge is -2.27. The molecule has 2 heterocycles. The van der Waals surface area contributed by atoms with Crippen molar-refractivity contribution in [2.45, 2.75) is 11.4 Å². The lowest BCUT2D eigenvalue weighted by atomic mass is 10.3. The number of anilines is 1. The van der Waals surface area contributed by atoms with E-state index < -0.39 is 0 Å². The van der Waals surface area contributed by atoms with Crippen LogP contribution in [0, 0.1) is 0 Å². The molecule has 1 aromatic heterocycles. The summed E-state index contributed by atoms with van der Waals surface area (Å²) in [7, 11) is -0.203. The Morgan fingerprint density at radius 3 is 2.33 bits per heavy atom. The molecule has 0 aliphatic carbocycles. The number of hydrogen-bond acceptors (Lipinski definition) is 3. The van der Waals surface area contributed by atoms with Gasteiger partial charge in [0, 0.05) is 4.90 Å². The van der Waals surface area contributed by atoms with Gasteiger partial charge in [0.25, 0.3) is 0 Å². The van der Waals surface area contributed by atoms with E-state index in [-0.39, 0.29) is 10.7 Å². The zero-order chi connectivity index (χ0) is 16.4. The molecule has 24 heavy (non-hydrogen) atoms. The van der Waals surface area contributed by atoms with Gasteiger partial charge in [-0.1, -0.05) is 36.4 Å². The van der Waals surface area contributed by atoms with Crippen molar-refractivity contribution in [1.82, 2.24) is 14.8 Å². The molecule has 1 aliphatic heterocycles. The normalized spacial score (nSPS) is 17.2. The fourth-order valence-corrected chi connectivity index (χ4v) is 5.85. The van der Waals surface area contributed by atoms with E-state index >= 15 is 0 Å². The van der Waals surface area contributed by atoms with Crippen molar-refractivity contribution in [1.29, 1.82) is 0 Å². The molecule has 0 saturated heterocycles. The van der Waals surface area contributed by atoms with Crippen LogP contribution < -0.4 is 4.31 Å². The first-order valence-corrected chi connectivity index (χ1v) is 9.50. The van der Waals surface area contributed by atoms with Crippen molar-refractivity contribution in [3.05, 3.63) is 85.1 Å². The molecule has 1 aliphatic rings. The van der Waals surface area contributed by atoms with E-state index in [9.17, 15) is 0 Å². The fourth-order valence-electron chi connectivity index (χ4n) is 2.64. The fraction of sp³-hybridized carbons (Fsp3) is 0.0556. The highest BCUT2D eigenvalue weighted by molar-refractivity contribution is 9.20. The zero-order valence-electron chi connectivity index (χ0n) is 12.8. The third-order valence-electron chi connectivity index (χ3n) is 3.66. The largest absolute Gasteiger partial charge is 0.288 e. The van der Waals surface area contributed by atoms with Gasteiger partial charge in [-0.25, -0.2) is 9.67 Å². The van der Waals surface area contributed by atoms with Crippen molar-refractivity contribution in [2.24, 2.45) is 0 Å². The van der Waals surface area contributed by atoms with Crippen molar-refractivity contribution < 1.29 is 0 Å². The predicted octanol–water partition coefficient (Wildman–Crippen LogP) is 4.45. The van der Waals surface area contributed by atoms with Gasteiger partial charge < -0.3 is 0 Å². The van der Waals surface area contributed by atoms with E-state index in [1.807, 2.05) is 16.8 Å². The van der Waals surface area contributed by atoms with Gasteiger partial charge in [-0.05, 0) is 56.9 Å². The molecule has 0 spiro atoms. The number of allylic oxidation sites excluding steroid dienone is 2. The van der Waals surface area contributed by atoms with E-state index in [1.165, 1.54) is 20.1 Å². The number of benzene rings is 2. The maximum atomic E-state index is 4.25. The van der Waals surface area contributed by atoms with Gasteiger partial charge in [0.05, 0.1) is 21.7 Å². The molecule has 3 aromatic rings. The Labute approximate surface area is 151 Å². The summed E-state index contributed by atoms with van der Waals surface area (Å²) in [5, 5.41) is 4.25. The van der Waals surface area contributed by atoms with Gasteiger partial charge >= 0.3 is 0 Å². The van der Waals surface area contributed by atoms with E-state index in [0.29, 0.717) is 6.54 Å². The van der Waals surface area contributed by atoms with Crippen LogP contribution >= 0.6 is 26.6 Å². The number of hydrogen-bond donors (Lipinski definition) is 0. The van der Waals surface area contributed by atoms with Crippen LogP contribution in [-0.4, -0.2) is 18.5 Å². The SMILES string of the molecule is BrC1=S(c2ccccc2)N(c2ccccc2)C(Cn2cncn2)=C1.